The number of halogens is 1. The Morgan fingerprint density at radius 1 is 1.14 bits per heavy atom. The third-order valence-electron chi connectivity index (χ3n) is 5.58. The standard InChI is InChI=1S/C23H25ClN2O3/c1-28-21-11-16-9-17(13-26-8-4-7-19(26)14-27)23(15-5-3-6-18(24)10-15)25-20(16)12-22(21)29-2/h3,5-6,9-12,19,27H,4,7-8,13-14H2,1-2H3/t19-/m1/s1. The minimum atomic E-state index is 0.179. The van der Waals surface area contributed by atoms with E-state index in [1.54, 1.807) is 14.2 Å². The van der Waals surface area contributed by atoms with Crippen LogP contribution in [-0.2, 0) is 6.54 Å². The molecule has 3 aromatic rings. The number of aromatic nitrogens is 1. The lowest BCUT2D eigenvalue weighted by Crippen LogP contribution is -2.31. The summed E-state index contributed by atoms with van der Waals surface area (Å²) in [5.74, 6) is 1.33. The summed E-state index contributed by atoms with van der Waals surface area (Å²) in [5, 5.41) is 11.4. The Kier molecular flexibility index (Phi) is 5.90. The lowest BCUT2D eigenvalue weighted by Gasteiger charge is -2.24. The summed E-state index contributed by atoms with van der Waals surface area (Å²) in [6, 6.07) is 14.0. The van der Waals surface area contributed by atoms with Crippen molar-refractivity contribution in [2.24, 2.45) is 0 Å². The number of ether oxygens (including phenoxy) is 2. The molecule has 1 aliphatic heterocycles. The van der Waals surface area contributed by atoms with E-state index in [4.69, 9.17) is 26.1 Å². The van der Waals surface area contributed by atoms with Gasteiger partial charge in [-0.25, -0.2) is 4.98 Å². The second-order valence-electron chi connectivity index (χ2n) is 7.36. The van der Waals surface area contributed by atoms with Crippen molar-refractivity contribution in [1.29, 1.82) is 0 Å². The summed E-state index contributed by atoms with van der Waals surface area (Å²) in [6.07, 6.45) is 2.12. The molecule has 4 rings (SSSR count). The number of nitrogens with zero attached hydrogens (tertiary/aromatic N) is 2. The van der Waals surface area contributed by atoms with Crippen LogP contribution in [-0.4, -0.2) is 48.4 Å². The average Bonchev–Trinajstić information content (AvgIpc) is 3.19. The highest BCUT2D eigenvalue weighted by atomic mass is 35.5. The number of fused-ring (bicyclic) bond motifs is 1. The Hall–Kier alpha value is -2.34. The van der Waals surface area contributed by atoms with Crippen LogP contribution in [0, 0.1) is 0 Å². The van der Waals surface area contributed by atoms with Crippen LogP contribution in [0.4, 0.5) is 0 Å². The van der Waals surface area contributed by atoms with Gasteiger partial charge in [0.25, 0.3) is 0 Å². The minimum absolute atomic E-state index is 0.179. The van der Waals surface area contributed by atoms with Crippen molar-refractivity contribution in [2.45, 2.75) is 25.4 Å². The maximum atomic E-state index is 9.73. The van der Waals surface area contributed by atoms with Crippen molar-refractivity contribution in [1.82, 2.24) is 9.88 Å². The Balaban J connectivity index is 1.86. The summed E-state index contributed by atoms with van der Waals surface area (Å²) in [5.41, 5.74) is 3.81. The first-order valence-corrected chi connectivity index (χ1v) is 10.2. The predicted molar refractivity (Wildman–Crippen MR) is 116 cm³/mol. The van der Waals surface area contributed by atoms with Gasteiger partial charge in [0.2, 0.25) is 0 Å². The highest BCUT2D eigenvalue weighted by Crippen LogP contribution is 2.35. The number of aliphatic hydroxyl groups excluding tert-OH is 1. The third-order valence-corrected chi connectivity index (χ3v) is 5.82. The van der Waals surface area contributed by atoms with E-state index in [9.17, 15) is 5.11 Å². The van der Waals surface area contributed by atoms with Gasteiger partial charge in [-0.3, -0.25) is 4.90 Å². The fourth-order valence-electron chi connectivity index (χ4n) is 4.08. The molecule has 1 saturated heterocycles. The lowest BCUT2D eigenvalue weighted by molar-refractivity contribution is 0.153. The molecule has 0 bridgehead atoms. The number of benzene rings is 2. The van der Waals surface area contributed by atoms with Crippen LogP contribution < -0.4 is 9.47 Å². The van der Waals surface area contributed by atoms with Gasteiger partial charge < -0.3 is 14.6 Å². The SMILES string of the molecule is COc1cc2cc(CN3CCC[C@@H]3CO)c(-c3cccc(Cl)c3)nc2cc1OC. The molecular formula is C23H25ClN2O3. The highest BCUT2D eigenvalue weighted by Gasteiger charge is 2.25. The number of methoxy groups -OCH3 is 2. The molecule has 0 aliphatic carbocycles. The predicted octanol–water partition coefficient (Wildman–Crippen LogP) is 4.53. The maximum absolute atomic E-state index is 9.73. The molecular weight excluding hydrogens is 388 g/mol. The normalized spacial score (nSPS) is 17.0. The van der Waals surface area contributed by atoms with Gasteiger partial charge in [-0.1, -0.05) is 23.7 Å². The van der Waals surface area contributed by atoms with Crippen LogP contribution in [0.3, 0.4) is 0 Å². The van der Waals surface area contributed by atoms with E-state index in [0.29, 0.717) is 16.5 Å². The molecule has 1 aromatic heterocycles. The molecule has 152 valence electrons. The van der Waals surface area contributed by atoms with E-state index in [2.05, 4.69) is 11.0 Å². The van der Waals surface area contributed by atoms with Gasteiger partial charge in [-0.05, 0) is 49.2 Å². The Morgan fingerprint density at radius 3 is 2.66 bits per heavy atom. The van der Waals surface area contributed by atoms with Gasteiger partial charge in [0, 0.05) is 34.6 Å². The molecule has 6 heteroatoms. The molecule has 0 radical (unpaired) electrons. The molecule has 1 N–H and O–H groups in total. The monoisotopic (exact) mass is 412 g/mol. The van der Waals surface area contributed by atoms with Crippen LogP contribution >= 0.6 is 11.6 Å². The number of likely N-dealkylation sites (tertiary alicyclic amines) is 1. The van der Waals surface area contributed by atoms with Crippen LogP contribution in [0.25, 0.3) is 22.2 Å². The Bertz CT molecular complexity index is 1020. The quantitative estimate of drug-likeness (QED) is 0.644. The van der Waals surface area contributed by atoms with Gasteiger partial charge in [0.15, 0.2) is 11.5 Å². The molecule has 0 saturated carbocycles. The molecule has 0 spiro atoms. The van der Waals surface area contributed by atoms with E-state index in [-0.39, 0.29) is 12.6 Å². The summed E-state index contributed by atoms with van der Waals surface area (Å²) in [6.45, 7) is 1.88. The molecule has 2 heterocycles. The summed E-state index contributed by atoms with van der Waals surface area (Å²) in [7, 11) is 3.26. The molecule has 5 nitrogen and oxygen atoms in total. The summed E-state index contributed by atoms with van der Waals surface area (Å²) < 4.78 is 10.9. The van der Waals surface area contributed by atoms with Gasteiger partial charge >= 0.3 is 0 Å². The third kappa shape index (κ3) is 4.04. The fraction of sp³-hybridized carbons (Fsp3) is 0.348. The Morgan fingerprint density at radius 2 is 1.93 bits per heavy atom. The number of hydrogen-bond donors (Lipinski definition) is 1. The maximum Gasteiger partial charge on any atom is 0.162 e. The van der Waals surface area contributed by atoms with Crippen molar-refractivity contribution in [3.63, 3.8) is 0 Å². The number of aliphatic hydroxyl groups is 1. The summed E-state index contributed by atoms with van der Waals surface area (Å²) in [4.78, 5) is 7.31. The van der Waals surface area contributed by atoms with E-state index in [0.717, 1.165) is 53.7 Å². The largest absolute Gasteiger partial charge is 0.493 e. The zero-order chi connectivity index (χ0) is 20.4. The van der Waals surface area contributed by atoms with Gasteiger partial charge in [0.05, 0.1) is 32.0 Å². The van der Waals surface area contributed by atoms with Gasteiger partial charge in [-0.2, -0.15) is 0 Å². The number of hydrogen-bond acceptors (Lipinski definition) is 5. The topological polar surface area (TPSA) is 54.8 Å². The van der Waals surface area contributed by atoms with Crippen LogP contribution in [0.1, 0.15) is 18.4 Å². The van der Waals surface area contributed by atoms with Crippen molar-refractivity contribution in [2.75, 3.05) is 27.4 Å². The highest BCUT2D eigenvalue weighted by molar-refractivity contribution is 6.30. The second kappa shape index (κ2) is 8.57. The molecule has 0 amide bonds. The molecule has 0 unspecified atom stereocenters. The molecule has 2 aromatic carbocycles. The van der Waals surface area contributed by atoms with Crippen molar-refractivity contribution in [3.8, 4) is 22.8 Å². The average molecular weight is 413 g/mol. The van der Waals surface area contributed by atoms with Gasteiger partial charge in [0.1, 0.15) is 0 Å². The van der Waals surface area contributed by atoms with Gasteiger partial charge in [-0.15, -0.1) is 0 Å². The lowest BCUT2D eigenvalue weighted by atomic mass is 10.0. The van der Waals surface area contributed by atoms with Crippen LogP contribution in [0.15, 0.2) is 42.5 Å². The smallest absolute Gasteiger partial charge is 0.162 e. The van der Waals surface area contributed by atoms with Crippen molar-refractivity contribution >= 4 is 22.5 Å². The number of pyridine rings is 1. The van der Waals surface area contributed by atoms with Crippen molar-refractivity contribution < 1.29 is 14.6 Å². The first-order valence-electron chi connectivity index (χ1n) is 9.79. The first kappa shape index (κ1) is 20.0. The first-order chi connectivity index (χ1) is 14.1. The van der Waals surface area contributed by atoms with Crippen LogP contribution in [0.2, 0.25) is 5.02 Å². The molecule has 1 atom stereocenters. The fourth-order valence-corrected chi connectivity index (χ4v) is 4.27. The van der Waals surface area contributed by atoms with Crippen molar-refractivity contribution in [3.05, 3.63) is 53.1 Å². The zero-order valence-corrected chi connectivity index (χ0v) is 17.4. The van der Waals surface area contributed by atoms with E-state index >= 15 is 0 Å². The summed E-state index contributed by atoms with van der Waals surface area (Å²) >= 11 is 6.26. The molecule has 1 fully saturated rings. The Labute approximate surface area is 175 Å². The minimum Gasteiger partial charge on any atom is -0.493 e. The van der Waals surface area contributed by atoms with E-state index in [1.165, 1.54) is 0 Å². The molecule has 1 aliphatic rings. The van der Waals surface area contributed by atoms with E-state index in [1.807, 2.05) is 36.4 Å². The molecule has 29 heavy (non-hydrogen) atoms. The zero-order valence-electron chi connectivity index (χ0n) is 16.7. The van der Waals surface area contributed by atoms with E-state index < -0.39 is 0 Å². The number of rotatable bonds is 6. The second-order valence-corrected chi connectivity index (χ2v) is 7.79. The van der Waals surface area contributed by atoms with Crippen LogP contribution in [0.5, 0.6) is 11.5 Å².